The molecule has 0 unspecified atom stereocenters. The van der Waals surface area contributed by atoms with E-state index in [1.165, 1.54) is 22.7 Å². The molecule has 10 nitrogen and oxygen atoms in total. The lowest BCUT2D eigenvalue weighted by Gasteiger charge is -2.22. The van der Waals surface area contributed by atoms with Crippen LogP contribution in [-0.2, 0) is 9.53 Å². The van der Waals surface area contributed by atoms with E-state index in [-0.39, 0.29) is 11.6 Å². The Balaban J connectivity index is 2.02. The van der Waals surface area contributed by atoms with Crippen molar-refractivity contribution >= 4 is 23.7 Å². The number of H-pyrrole nitrogens is 1. The van der Waals surface area contributed by atoms with Gasteiger partial charge in [0.15, 0.2) is 5.82 Å². The molecular weight excluding hydrogens is 352 g/mol. The molecule has 0 aliphatic carbocycles. The minimum Gasteiger partial charge on any atom is -0.444 e. The van der Waals surface area contributed by atoms with Crippen LogP contribution in [0.25, 0.3) is 0 Å². The molecule has 10 heteroatoms. The van der Waals surface area contributed by atoms with Crippen molar-refractivity contribution in [1.29, 1.82) is 0 Å². The zero-order valence-electron chi connectivity index (χ0n) is 15.9. The zero-order chi connectivity index (χ0) is 20.2. The Kier molecular flexibility index (Phi) is 5.88. The van der Waals surface area contributed by atoms with Crippen LogP contribution in [0.2, 0.25) is 0 Å². The third-order valence-electron chi connectivity index (χ3n) is 3.46. The van der Waals surface area contributed by atoms with Crippen LogP contribution >= 0.6 is 0 Å². The standard InChI is InChI=1S/C17H24N6O4/c1-11(19-16(26)27-17(2,3)4)14(24)21-23-10-6-7-12(23)15(25)22(5)13-8-9-18-20-13/h6-11H,1-5H3,(H,18,20)(H,19,26)(H,21,24)/t11-/m0/s1. The first kappa shape index (κ1) is 20.0. The third-order valence-corrected chi connectivity index (χ3v) is 3.46. The van der Waals surface area contributed by atoms with Gasteiger partial charge in [-0.3, -0.25) is 29.7 Å². The van der Waals surface area contributed by atoms with E-state index in [9.17, 15) is 14.4 Å². The molecule has 3 N–H and O–H groups in total. The van der Waals surface area contributed by atoms with Crippen molar-refractivity contribution in [3.63, 3.8) is 0 Å². The van der Waals surface area contributed by atoms with Crippen molar-refractivity contribution in [1.82, 2.24) is 20.2 Å². The number of carbonyl (C=O) groups is 3. The Morgan fingerprint density at radius 1 is 1.30 bits per heavy atom. The first-order chi connectivity index (χ1) is 12.6. The number of hydrogen-bond donors (Lipinski definition) is 3. The number of alkyl carbamates (subject to hydrolysis) is 1. The second-order valence-electron chi connectivity index (χ2n) is 6.90. The Morgan fingerprint density at radius 2 is 2.00 bits per heavy atom. The molecule has 146 valence electrons. The van der Waals surface area contributed by atoms with E-state index in [1.807, 2.05) is 0 Å². The molecule has 0 fully saturated rings. The smallest absolute Gasteiger partial charge is 0.408 e. The first-order valence-corrected chi connectivity index (χ1v) is 8.34. The summed E-state index contributed by atoms with van der Waals surface area (Å²) in [4.78, 5) is 38.1. The van der Waals surface area contributed by atoms with Gasteiger partial charge in [-0.15, -0.1) is 0 Å². The molecule has 2 aromatic rings. The molecule has 0 saturated heterocycles. The molecule has 0 aliphatic heterocycles. The van der Waals surface area contributed by atoms with Gasteiger partial charge in [-0.1, -0.05) is 0 Å². The molecule has 0 saturated carbocycles. The van der Waals surface area contributed by atoms with Gasteiger partial charge in [-0.2, -0.15) is 5.10 Å². The molecule has 27 heavy (non-hydrogen) atoms. The summed E-state index contributed by atoms with van der Waals surface area (Å²) in [6, 6.07) is 3.97. The van der Waals surface area contributed by atoms with Crippen molar-refractivity contribution in [2.45, 2.75) is 39.3 Å². The van der Waals surface area contributed by atoms with Crippen LogP contribution in [0.3, 0.4) is 0 Å². The second-order valence-corrected chi connectivity index (χ2v) is 6.90. The lowest BCUT2D eigenvalue weighted by molar-refractivity contribution is -0.118. The van der Waals surface area contributed by atoms with Gasteiger partial charge in [0.05, 0.1) is 0 Å². The average Bonchev–Trinajstić information content (AvgIpc) is 3.23. The Hall–Kier alpha value is -3.30. The summed E-state index contributed by atoms with van der Waals surface area (Å²) in [7, 11) is 1.57. The molecule has 0 aliphatic rings. The second kappa shape index (κ2) is 7.94. The van der Waals surface area contributed by atoms with Gasteiger partial charge in [-0.25, -0.2) is 4.79 Å². The summed E-state index contributed by atoms with van der Waals surface area (Å²) in [6.45, 7) is 6.70. The van der Waals surface area contributed by atoms with E-state index in [4.69, 9.17) is 4.74 Å². The van der Waals surface area contributed by atoms with Crippen molar-refractivity contribution in [3.05, 3.63) is 36.3 Å². The normalized spacial score (nSPS) is 12.2. The third kappa shape index (κ3) is 5.33. The number of amides is 3. The molecule has 0 aromatic carbocycles. The van der Waals surface area contributed by atoms with Crippen LogP contribution in [0.4, 0.5) is 10.6 Å². The number of aromatic amines is 1. The van der Waals surface area contributed by atoms with Crippen molar-refractivity contribution in [3.8, 4) is 0 Å². The van der Waals surface area contributed by atoms with Gasteiger partial charge >= 0.3 is 6.09 Å². The summed E-state index contributed by atoms with van der Waals surface area (Å²) in [6.07, 6.45) is 2.43. The van der Waals surface area contributed by atoms with Crippen LogP contribution in [0, 0.1) is 0 Å². The molecule has 2 aromatic heterocycles. The lowest BCUT2D eigenvalue weighted by atomic mass is 10.2. The van der Waals surface area contributed by atoms with E-state index in [2.05, 4.69) is 20.9 Å². The molecule has 0 spiro atoms. The topological polar surface area (TPSA) is 121 Å². The quantitative estimate of drug-likeness (QED) is 0.730. The fourth-order valence-electron chi connectivity index (χ4n) is 2.13. The highest BCUT2D eigenvalue weighted by atomic mass is 16.6. The highest BCUT2D eigenvalue weighted by Gasteiger charge is 2.23. The fraction of sp³-hybridized carbons (Fsp3) is 0.412. The number of carbonyl (C=O) groups excluding carboxylic acids is 3. The maximum absolute atomic E-state index is 12.6. The Bertz CT molecular complexity index is 806. The van der Waals surface area contributed by atoms with Crippen LogP contribution < -0.4 is 15.6 Å². The molecule has 2 rings (SSSR count). The van der Waals surface area contributed by atoms with E-state index in [0.717, 1.165) is 0 Å². The average molecular weight is 376 g/mol. The first-order valence-electron chi connectivity index (χ1n) is 8.34. The van der Waals surface area contributed by atoms with Gasteiger partial charge < -0.3 is 10.1 Å². The highest BCUT2D eigenvalue weighted by molar-refractivity contribution is 6.04. The number of rotatable bonds is 5. The number of anilines is 1. The minimum absolute atomic E-state index is 0.235. The van der Waals surface area contributed by atoms with E-state index in [1.54, 1.807) is 52.2 Å². The van der Waals surface area contributed by atoms with Crippen LogP contribution in [-0.4, -0.2) is 51.5 Å². The van der Waals surface area contributed by atoms with Gasteiger partial charge in [0.2, 0.25) is 0 Å². The zero-order valence-corrected chi connectivity index (χ0v) is 15.9. The SMILES string of the molecule is C[C@H](NC(=O)OC(C)(C)C)C(=O)Nn1cccc1C(=O)N(C)c1cc[nH]n1. The summed E-state index contributed by atoms with van der Waals surface area (Å²) in [5.74, 6) is -0.423. The Labute approximate surface area is 156 Å². The van der Waals surface area contributed by atoms with Crippen LogP contribution in [0.5, 0.6) is 0 Å². The summed E-state index contributed by atoms with van der Waals surface area (Å²) < 4.78 is 6.41. The minimum atomic E-state index is -0.866. The van der Waals surface area contributed by atoms with Crippen molar-refractivity contribution in [2.75, 3.05) is 17.4 Å². The number of aromatic nitrogens is 3. The van der Waals surface area contributed by atoms with Crippen LogP contribution in [0.15, 0.2) is 30.6 Å². The molecule has 1 atom stereocenters. The molecule has 2 heterocycles. The summed E-state index contributed by atoms with van der Waals surface area (Å²) in [5.41, 5.74) is 2.14. The van der Waals surface area contributed by atoms with Crippen LogP contribution in [0.1, 0.15) is 38.2 Å². The largest absolute Gasteiger partial charge is 0.444 e. The monoisotopic (exact) mass is 376 g/mol. The molecular formula is C17H24N6O4. The molecule has 0 bridgehead atoms. The van der Waals surface area contributed by atoms with Gasteiger partial charge in [0, 0.05) is 25.5 Å². The fourth-order valence-corrected chi connectivity index (χ4v) is 2.13. The van der Waals surface area contributed by atoms with Gasteiger partial charge in [-0.05, 0) is 39.8 Å². The van der Waals surface area contributed by atoms with E-state index in [0.29, 0.717) is 5.82 Å². The predicted molar refractivity (Wildman–Crippen MR) is 99.0 cm³/mol. The van der Waals surface area contributed by atoms with Crippen molar-refractivity contribution < 1.29 is 19.1 Å². The number of ether oxygens (including phenoxy) is 1. The van der Waals surface area contributed by atoms with Gasteiger partial charge in [0.25, 0.3) is 11.8 Å². The lowest BCUT2D eigenvalue weighted by Crippen LogP contribution is -2.46. The number of nitrogens with one attached hydrogen (secondary N) is 3. The molecule has 3 amide bonds. The summed E-state index contributed by atoms with van der Waals surface area (Å²) >= 11 is 0. The van der Waals surface area contributed by atoms with Gasteiger partial charge in [0.1, 0.15) is 17.3 Å². The maximum atomic E-state index is 12.6. The Morgan fingerprint density at radius 3 is 2.59 bits per heavy atom. The predicted octanol–water partition coefficient (Wildman–Crippen LogP) is 1.47. The summed E-state index contributed by atoms with van der Waals surface area (Å²) in [5, 5.41) is 9.03. The maximum Gasteiger partial charge on any atom is 0.408 e. The number of hydrogen-bond acceptors (Lipinski definition) is 5. The highest BCUT2D eigenvalue weighted by Crippen LogP contribution is 2.12. The van der Waals surface area contributed by atoms with E-state index < -0.39 is 23.6 Å². The molecule has 0 radical (unpaired) electrons. The van der Waals surface area contributed by atoms with Crippen molar-refractivity contribution in [2.24, 2.45) is 0 Å². The number of nitrogens with zero attached hydrogens (tertiary/aromatic N) is 3. The van der Waals surface area contributed by atoms with E-state index >= 15 is 0 Å².